The summed E-state index contributed by atoms with van der Waals surface area (Å²) in [6, 6.07) is 19.6. The minimum absolute atomic E-state index is 0.386. The highest BCUT2D eigenvalue weighted by Crippen LogP contribution is 2.12. The van der Waals surface area contributed by atoms with E-state index in [2.05, 4.69) is 73.8 Å². The SMILES string of the molecule is Cc1cccc(CN[C@@H](C)c2ccccc2)c1. The van der Waals surface area contributed by atoms with Crippen molar-refractivity contribution in [1.29, 1.82) is 0 Å². The second-order valence-electron chi connectivity index (χ2n) is 4.50. The van der Waals surface area contributed by atoms with Crippen molar-refractivity contribution in [3.8, 4) is 0 Å². The van der Waals surface area contributed by atoms with Crippen molar-refractivity contribution in [2.75, 3.05) is 0 Å². The Kier molecular flexibility index (Phi) is 3.94. The van der Waals surface area contributed by atoms with Crippen LogP contribution < -0.4 is 5.32 Å². The molecule has 0 aliphatic rings. The average Bonchev–Trinajstić information content (AvgIpc) is 2.37. The summed E-state index contributed by atoms with van der Waals surface area (Å²) in [7, 11) is 0. The fourth-order valence-electron chi connectivity index (χ4n) is 1.95. The molecule has 0 fully saturated rings. The van der Waals surface area contributed by atoms with Crippen LogP contribution in [-0.4, -0.2) is 0 Å². The van der Waals surface area contributed by atoms with Crippen LogP contribution in [0, 0.1) is 6.92 Å². The van der Waals surface area contributed by atoms with E-state index < -0.39 is 0 Å². The van der Waals surface area contributed by atoms with Crippen LogP contribution in [0.25, 0.3) is 0 Å². The molecule has 0 unspecified atom stereocenters. The zero-order valence-electron chi connectivity index (χ0n) is 10.5. The number of hydrogen-bond donors (Lipinski definition) is 1. The molecule has 1 nitrogen and oxygen atoms in total. The lowest BCUT2D eigenvalue weighted by Crippen LogP contribution is -2.17. The van der Waals surface area contributed by atoms with Gasteiger partial charge < -0.3 is 5.32 Å². The molecule has 2 aromatic carbocycles. The van der Waals surface area contributed by atoms with Crippen LogP contribution >= 0.6 is 0 Å². The number of hydrogen-bond acceptors (Lipinski definition) is 1. The third-order valence-electron chi connectivity index (χ3n) is 2.99. The molecule has 1 heteroatoms. The largest absolute Gasteiger partial charge is 0.306 e. The first-order valence-corrected chi connectivity index (χ1v) is 6.09. The van der Waals surface area contributed by atoms with Gasteiger partial charge in [0.1, 0.15) is 0 Å². The Morgan fingerprint density at radius 2 is 1.76 bits per heavy atom. The van der Waals surface area contributed by atoms with E-state index in [0.717, 1.165) is 6.54 Å². The first kappa shape index (κ1) is 11.9. The Labute approximate surface area is 103 Å². The molecule has 0 aliphatic heterocycles. The van der Waals surface area contributed by atoms with Gasteiger partial charge in [-0.1, -0.05) is 60.2 Å². The van der Waals surface area contributed by atoms with Crippen LogP contribution in [0.1, 0.15) is 29.7 Å². The summed E-state index contributed by atoms with van der Waals surface area (Å²) in [6.45, 7) is 5.24. The minimum Gasteiger partial charge on any atom is -0.306 e. The van der Waals surface area contributed by atoms with E-state index in [4.69, 9.17) is 0 Å². The Hall–Kier alpha value is -1.60. The molecule has 17 heavy (non-hydrogen) atoms. The quantitative estimate of drug-likeness (QED) is 0.833. The molecule has 1 N–H and O–H groups in total. The Balaban J connectivity index is 1.95. The second kappa shape index (κ2) is 5.65. The highest BCUT2D eigenvalue weighted by molar-refractivity contribution is 5.23. The van der Waals surface area contributed by atoms with E-state index in [1.165, 1.54) is 16.7 Å². The van der Waals surface area contributed by atoms with Gasteiger partial charge in [0.05, 0.1) is 0 Å². The highest BCUT2D eigenvalue weighted by Gasteiger charge is 2.03. The van der Waals surface area contributed by atoms with Gasteiger partial charge >= 0.3 is 0 Å². The van der Waals surface area contributed by atoms with Crippen molar-refractivity contribution >= 4 is 0 Å². The van der Waals surface area contributed by atoms with Crippen molar-refractivity contribution in [2.45, 2.75) is 26.4 Å². The molecule has 0 heterocycles. The van der Waals surface area contributed by atoms with Gasteiger partial charge in [0.15, 0.2) is 0 Å². The summed E-state index contributed by atoms with van der Waals surface area (Å²) >= 11 is 0. The van der Waals surface area contributed by atoms with Crippen molar-refractivity contribution < 1.29 is 0 Å². The number of nitrogens with one attached hydrogen (secondary N) is 1. The zero-order chi connectivity index (χ0) is 12.1. The fraction of sp³-hybridized carbons (Fsp3) is 0.250. The van der Waals surface area contributed by atoms with Crippen molar-refractivity contribution in [1.82, 2.24) is 5.32 Å². The van der Waals surface area contributed by atoms with E-state index in [1.807, 2.05) is 0 Å². The topological polar surface area (TPSA) is 12.0 Å². The van der Waals surface area contributed by atoms with Crippen LogP contribution in [0.5, 0.6) is 0 Å². The number of benzene rings is 2. The maximum atomic E-state index is 3.54. The van der Waals surface area contributed by atoms with Gasteiger partial charge in [-0.15, -0.1) is 0 Å². The lowest BCUT2D eigenvalue weighted by atomic mass is 10.1. The molecule has 1 atom stereocenters. The van der Waals surface area contributed by atoms with E-state index in [-0.39, 0.29) is 0 Å². The molecular formula is C16H19N. The molecular weight excluding hydrogens is 206 g/mol. The Bertz CT molecular complexity index is 462. The number of aryl methyl sites for hydroxylation is 1. The van der Waals surface area contributed by atoms with Gasteiger partial charge in [-0.25, -0.2) is 0 Å². The summed E-state index contributed by atoms with van der Waals surface area (Å²) in [6.07, 6.45) is 0. The highest BCUT2D eigenvalue weighted by atomic mass is 14.9. The summed E-state index contributed by atoms with van der Waals surface area (Å²) in [5.74, 6) is 0. The summed E-state index contributed by atoms with van der Waals surface area (Å²) < 4.78 is 0. The normalized spacial score (nSPS) is 12.4. The van der Waals surface area contributed by atoms with Crippen LogP contribution in [0.4, 0.5) is 0 Å². The van der Waals surface area contributed by atoms with Gasteiger partial charge in [0.2, 0.25) is 0 Å². The third kappa shape index (κ3) is 3.43. The molecule has 0 bridgehead atoms. The number of rotatable bonds is 4. The molecule has 0 amide bonds. The van der Waals surface area contributed by atoms with Crippen molar-refractivity contribution in [3.63, 3.8) is 0 Å². The van der Waals surface area contributed by atoms with Crippen LogP contribution in [0.15, 0.2) is 54.6 Å². The Morgan fingerprint density at radius 3 is 2.47 bits per heavy atom. The molecule has 2 aromatic rings. The third-order valence-corrected chi connectivity index (χ3v) is 2.99. The first-order chi connectivity index (χ1) is 8.25. The lowest BCUT2D eigenvalue weighted by Gasteiger charge is -2.14. The molecule has 88 valence electrons. The van der Waals surface area contributed by atoms with E-state index in [0.29, 0.717) is 6.04 Å². The van der Waals surface area contributed by atoms with E-state index in [1.54, 1.807) is 0 Å². The van der Waals surface area contributed by atoms with Crippen LogP contribution in [-0.2, 0) is 6.54 Å². The van der Waals surface area contributed by atoms with Crippen LogP contribution in [0.2, 0.25) is 0 Å². The fourth-order valence-corrected chi connectivity index (χ4v) is 1.95. The smallest absolute Gasteiger partial charge is 0.0294 e. The predicted octanol–water partition coefficient (Wildman–Crippen LogP) is 3.85. The molecule has 0 spiro atoms. The monoisotopic (exact) mass is 225 g/mol. The summed E-state index contributed by atoms with van der Waals surface area (Å²) in [5, 5.41) is 3.54. The van der Waals surface area contributed by atoms with Crippen molar-refractivity contribution in [2.24, 2.45) is 0 Å². The maximum Gasteiger partial charge on any atom is 0.0294 e. The molecule has 0 radical (unpaired) electrons. The van der Waals surface area contributed by atoms with Gasteiger partial charge in [-0.2, -0.15) is 0 Å². The molecule has 2 rings (SSSR count). The molecule has 0 saturated carbocycles. The van der Waals surface area contributed by atoms with Gasteiger partial charge in [0, 0.05) is 12.6 Å². The Morgan fingerprint density at radius 1 is 1.00 bits per heavy atom. The van der Waals surface area contributed by atoms with Gasteiger partial charge in [-0.05, 0) is 25.0 Å². The van der Waals surface area contributed by atoms with Gasteiger partial charge in [-0.3, -0.25) is 0 Å². The lowest BCUT2D eigenvalue weighted by molar-refractivity contribution is 0.574. The second-order valence-corrected chi connectivity index (χ2v) is 4.50. The van der Waals surface area contributed by atoms with Crippen LogP contribution in [0.3, 0.4) is 0 Å². The molecule has 0 aromatic heterocycles. The summed E-state index contributed by atoms with van der Waals surface area (Å²) in [5.41, 5.74) is 3.99. The predicted molar refractivity (Wildman–Crippen MR) is 72.9 cm³/mol. The molecule has 0 aliphatic carbocycles. The summed E-state index contributed by atoms with van der Waals surface area (Å²) in [4.78, 5) is 0. The standard InChI is InChI=1S/C16H19N/c1-13-7-6-8-15(11-13)12-17-14(2)16-9-4-3-5-10-16/h3-11,14,17H,12H2,1-2H3/t14-/m0/s1. The first-order valence-electron chi connectivity index (χ1n) is 6.09. The average molecular weight is 225 g/mol. The van der Waals surface area contributed by atoms with E-state index >= 15 is 0 Å². The minimum atomic E-state index is 0.386. The zero-order valence-corrected chi connectivity index (χ0v) is 10.5. The van der Waals surface area contributed by atoms with E-state index in [9.17, 15) is 0 Å². The van der Waals surface area contributed by atoms with Crippen molar-refractivity contribution in [3.05, 3.63) is 71.3 Å². The maximum absolute atomic E-state index is 3.54. The molecule has 0 saturated heterocycles. The van der Waals surface area contributed by atoms with Gasteiger partial charge in [0.25, 0.3) is 0 Å².